The summed E-state index contributed by atoms with van der Waals surface area (Å²) >= 11 is 0. The zero-order chi connectivity index (χ0) is 10.4. The number of nitrogens with one attached hydrogen (secondary N) is 1. The number of amidine groups is 1. The molecule has 14 heavy (non-hydrogen) atoms. The molecule has 1 aliphatic rings. The summed E-state index contributed by atoms with van der Waals surface area (Å²) in [5, 5.41) is 12.8. The number of aliphatic imine (C=N–C) groups is 1. The first-order chi connectivity index (χ1) is 6.76. The normalized spacial score (nSPS) is 17.8. The summed E-state index contributed by atoms with van der Waals surface area (Å²) in [6.07, 6.45) is 5.36. The molecule has 0 saturated carbocycles. The van der Waals surface area contributed by atoms with Gasteiger partial charge in [0.1, 0.15) is 0 Å². The molecule has 1 aliphatic heterocycles. The van der Waals surface area contributed by atoms with Crippen molar-refractivity contribution in [2.45, 2.75) is 51.5 Å². The van der Waals surface area contributed by atoms with E-state index in [-0.39, 0.29) is 12.1 Å². The van der Waals surface area contributed by atoms with E-state index in [9.17, 15) is 5.11 Å². The van der Waals surface area contributed by atoms with Crippen LogP contribution in [-0.2, 0) is 0 Å². The van der Waals surface area contributed by atoms with Gasteiger partial charge in [-0.3, -0.25) is 4.99 Å². The first-order valence-corrected chi connectivity index (χ1v) is 5.68. The molecule has 0 saturated heterocycles. The van der Waals surface area contributed by atoms with Crippen LogP contribution in [-0.4, -0.2) is 29.6 Å². The minimum absolute atomic E-state index is 0.143. The lowest BCUT2D eigenvalue weighted by Crippen LogP contribution is -2.50. The first kappa shape index (κ1) is 11.5. The van der Waals surface area contributed by atoms with Crippen molar-refractivity contribution in [3.05, 3.63) is 0 Å². The van der Waals surface area contributed by atoms with Crippen molar-refractivity contribution in [2.24, 2.45) is 4.99 Å². The minimum atomic E-state index is -0.143. The van der Waals surface area contributed by atoms with Crippen molar-refractivity contribution in [3.8, 4) is 0 Å². The number of aliphatic hydroxyl groups is 1. The molecule has 0 spiro atoms. The highest BCUT2D eigenvalue weighted by molar-refractivity contribution is 5.83. The van der Waals surface area contributed by atoms with Crippen molar-refractivity contribution in [1.82, 2.24) is 5.32 Å². The Hall–Kier alpha value is -0.570. The van der Waals surface area contributed by atoms with Gasteiger partial charge in [-0.2, -0.15) is 0 Å². The fourth-order valence-electron chi connectivity index (χ4n) is 1.80. The number of aliphatic hydroxyl groups excluding tert-OH is 1. The van der Waals surface area contributed by atoms with Gasteiger partial charge in [0.05, 0.1) is 18.0 Å². The van der Waals surface area contributed by atoms with Crippen molar-refractivity contribution >= 4 is 5.84 Å². The first-order valence-electron chi connectivity index (χ1n) is 5.68. The third-order valence-electron chi connectivity index (χ3n) is 3.19. The number of hydrogen-bond acceptors (Lipinski definition) is 3. The van der Waals surface area contributed by atoms with Gasteiger partial charge < -0.3 is 10.4 Å². The van der Waals surface area contributed by atoms with Gasteiger partial charge in [-0.05, 0) is 25.7 Å². The smallest absolute Gasteiger partial charge is 0.0968 e. The van der Waals surface area contributed by atoms with Gasteiger partial charge in [0.15, 0.2) is 0 Å². The molecule has 1 rings (SSSR count). The van der Waals surface area contributed by atoms with Crippen LogP contribution in [0.5, 0.6) is 0 Å². The third-order valence-corrected chi connectivity index (χ3v) is 3.19. The third kappa shape index (κ3) is 2.71. The average Bonchev–Trinajstić information content (AvgIpc) is 2.28. The van der Waals surface area contributed by atoms with E-state index in [0.29, 0.717) is 0 Å². The van der Waals surface area contributed by atoms with Gasteiger partial charge >= 0.3 is 0 Å². The summed E-state index contributed by atoms with van der Waals surface area (Å²) in [5.74, 6) is 1.09. The quantitative estimate of drug-likeness (QED) is 0.722. The molecule has 0 aromatic carbocycles. The lowest BCUT2D eigenvalue weighted by Gasteiger charge is -2.33. The van der Waals surface area contributed by atoms with E-state index in [4.69, 9.17) is 0 Å². The summed E-state index contributed by atoms with van der Waals surface area (Å²) in [6.45, 7) is 5.35. The number of nitrogens with zero attached hydrogens (tertiary/aromatic N) is 1. The fourth-order valence-corrected chi connectivity index (χ4v) is 1.80. The Labute approximate surface area is 86.6 Å². The largest absolute Gasteiger partial charge is 0.394 e. The van der Waals surface area contributed by atoms with Crippen molar-refractivity contribution < 1.29 is 5.11 Å². The fraction of sp³-hybridized carbons (Fsp3) is 0.909. The molecule has 0 fully saturated rings. The Morgan fingerprint density at radius 1 is 1.36 bits per heavy atom. The molecule has 0 unspecified atom stereocenters. The second-order valence-corrected chi connectivity index (χ2v) is 4.06. The van der Waals surface area contributed by atoms with Gasteiger partial charge in [0.25, 0.3) is 0 Å². The van der Waals surface area contributed by atoms with Crippen LogP contribution in [0.2, 0.25) is 0 Å². The molecule has 82 valence electrons. The molecular weight excluding hydrogens is 176 g/mol. The van der Waals surface area contributed by atoms with Gasteiger partial charge in [-0.1, -0.05) is 13.8 Å². The summed E-state index contributed by atoms with van der Waals surface area (Å²) in [6, 6.07) is 0. The maximum atomic E-state index is 9.39. The Balaban J connectivity index is 2.57. The lowest BCUT2D eigenvalue weighted by atomic mass is 9.93. The van der Waals surface area contributed by atoms with Gasteiger partial charge in [0.2, 0.25) is 0 Å². The predicted molar refractivity (Wildman–Crippen MR) is 59.7 cm³/mol. The maximum Gasteiger partial charge on any atom is 0.0968 e. The molecule has 3 heteroatoms. The minimum Gasteiger partial charge on any atom is -0.394 e. The van der Waals surface area contributed by atoms with Crippen molar-refractivity contribution in [3.63, 3.8) is 0 Å². The predicted octanol–water partition coefficient (Wildman–Crippen LogP) is 1.71. The van der Waals surface area contributed by atoms with E-state index in [1.807, 2.05) is 0 Å². The SMILES string of the molecule is CCC(CC)(CO)NC1=NCCCC1. The molecule has 0 amide bonds. The van der Waals surface area contributed by atoms with E-state index < -0.39 is 0 Å². The molecule has 0 aromatic rings. The van der Waals surface area contributed by atoms with E-state index >= 15 is 0 Å². The van der Waals surface area contributed by atoms with Gasteiger partial charge in [-0.15, -0.1) is 0 Å². The van der Waals surface area contributed by atoms with Crippen LogP contribution in [0.3, 0.4) is 0 Å². The highest BCUT2D eigenvalue weighted by Gasteiger charge is 2.26. The van der Waals surface area contributed by atoms with E-state index in [1.165, 1.54) is 12.8 Å². The highest BCUT2D eigenvalue weighted by atomic mass is 16.3. The average molecular weight is 198 g/mol. The standard InChI is InChI=1S/C11H22N2O/c1-3-11(4-2,9-14)13-10-7-5-6-8-12-10/h14H,3-9H2,1-2H3,(H,12,13). The van der Waals surface area contributed by atoms with Crippen molar-refractivity contribution in [2.75, 3.05) is 13.2 Å². The zero-order valence-electron chi connectivity index (χ0n) is 9.34. The van der Waals surface area contributed by atoms with Crippen molar-refractivity contribution in [1.29, 1.82) is 0 Å². The summed E-state index contributed by atoms with van der Waals surface area (Å²) in [7, 11) is 0. The molecule has 0 bridgehead atoms. The molecule has 3 nitrogen and oxygen atoms in total. The summed E-state index contributed by atoms with van der Waals surface area (Å²) < 4.78 is 0. The lowest BCUT2D eigenvalue weighted by molar-refractivity contribution is 0.169. The van der Waals surface area contributed by atoms with E-state index in [0.717, 1.165) is 31.6 Å². The topological polar surface area (TPSA) is 44.6 Å². The van der Waals surface area contributed by atoms with Crippen LogP contribution in [0, 0.1) is 0 Å². The Kier molecular flexibility index (Phi) is 4.39. The molecule has 0 atom stereocenters. The van der Waals surface area contributed by atoms with Crippen LogP contribution in [0.1, 0.15) is 46.0 Å². The molecule has 0 radical (unpaired) electrons. The number of rotatable bonds is 4. The molecule has 2 N–H and O–H groups in total. The summed E-state index contributed by atoms with van der Waals surface area (Å²) in [5.41, 5.74) is -0.143. The van der Waals surface area contributed by atoms with Crippen LogP contribution in [0.4, 0.5) is 0 Å². The highest BCUT2D eigenvalue weighted by Crippen LogP contribution is 2.16. The molecule has 0 aliphatic carbocycles. The maximum absolute atomic E-state index is 9.39. The second kappa shape index (κ2) is 5.35. The Morgan fingerprint density at radius 2 is 2.07 bits per heavy atom. The van der Waals surface area contributed by atoms with Crippen LogP contribution in [0.25, 0.3) is 0 Å². The monoisotopic (exact) mass is 198 g/mol. The second-order valence-electron chi connectivity index (χ2n) is 4.06. The molecule has 1 heterocycles. The molecular formula is C11H22N2O. The van der Waals surface area contributed by atoms with Gasteiger partial charge in [-0.25, -0.2) is 0 Å². The zero-order valence-corrected chi connectivity index (χ0v) is 9.34. The number of hydrogen-bond donors (Lipinski definition) is 2. The van der Waals surface area contributed by atoms with Gasteiger partial charge in [0, 0.05) is 13.0 Å². The Morgan fingerprint density at radius 3 is 2.50 bits per heavy atom. The van der Waals surface area contributed by atoms with E-state index in [1.54, 1.807) is 0 Å². The van der Waals surface area contributed by atoms with E-state index in [2.05, 4.69) is 24.2 Å². The van der Waals surface area contributed by atoms with Crippen LogP contribution in [0.15, 0.2) is 4.99 Å². The van der Waals surface area contributed by atoms with Crippen LogP contribution < -0.4 is 5.32 Å². The Bertz CT molecular complexity index is 189. The van der Waals surface area contributed by atoms with Crippen LogP contribution >= 0.6 is 0 Å². The summed E-state index contributed by atoms with van der Waals surface area (Å²) in [4.78, 5) is 4.45. The molecule has 0 aromatic heterocycles.